The monoisotopic (exact) mass is 209 g/mol. The van der Waals surface area contributed by atoms with Gasteiger partial charge in [-0.15, -0.1) is 0 Å². The second-order valence-corrected chi connectivity index (χ2v) is 4.99. The summed E-state index contributed by atoms with van der Waals surface area (Å²) >= 11 is 0. The van der Waals surface area contributed by atoms with E-state index in [0.717, 1.165) is 24.7 Å². The fourth-order valence-electron chi connectivity index (χ4n) is 2.44. The molecule has 2 N–H and O–H groups in total. The highest BCUT2D eigenvalue weighted by Gasteiger charge is 2.37. The number of hydrogen-bond acceptors (Lipinski definition) is 4. The van der Waals surface area contributed by atoms with Crippen molar-refractivity contribution in [3.05, 3.63) is 12.2 Å². The molecule has 0 radical (unpaired) electrons. The van der Waals surface area contributed by atoms with E-state index >= 15 is 0 Å². The normalized spacial score (nSPS) is 32.1. The summed E-state index contributed by atoms with van der Waals surface area (Å²) in [6, 6.07) is 0. The summed E-state index contributed by atoms with van der Waals surface area (Å²) < 4.78 is 4.77. The molecule has 4 heteroatoms. The first-order chi connectivity index (χ1) is 7.12. The van der Waals surface area contributed by atoms with Crippen LogP contribution in [-0.4, -0.2) is 10.1 Å². The molecule has 15 heavy (non-hydrogen) atoms. The van der Waals surface area contributed by atoms with E-state index < -0.39 is 0 Å². The smallest absolute Gasteiger partial charge is 0.213 e. The summed E-state index contributed by atoms with van der Waals surface area (Å²) in [6.07, 6.45) is 5.63. The van der Waals surface area contributed by atoms with Gasteiger partial charge in [0.1, 0.15) is 0 Å². The van der Waals surface area contributed by atoms with E-state index in [1.165, 1.54) is 19.2 Å². The predicted molar refractivity (Wildman–Crippen MR) is 57.0 cm³/mol. The Morgan fingerprint density at radius 1 is 1.47 bits per heavy atom. The maximum absolute atomic E-state index is 6.30. The molecule has 2 rings (SSSR count). The number of nitrogens with two attached hydrogens (primary N) is 1. The Bertz CT molecular complexity index is 300. The molecular formula is C11H19N3O. The third-order valence-corrected chi connectivity index (χ3v) is 3.67. The molecule has 1 heterocycles. The fraction of sp³-hybridized carbons (Fsp3) is 0.818. The Hall–Kier alpha value is -0.900. The average Bonchev–Trinajstić information content (AvgIpc) is 2.71. The van der Waals surface area contributed by atoms with Crippen molar-refractivity contribution in [3.8, 4) is 0 Å². The lowest BCUT2D eigenvalue weighted by atomic mass is 9.73. The van der Waals surface area contributed by atoms with Gasteiger partial charge in [0.2, 0.25) is 6.39 Å². The second-order valence-electron chi connectivity index (χ2n) is 4.99. The Balaban J connectivity index is 2.03. The van der Waals surface area contributed by atoms with Gasteiger partial charge in [0.25, 0.3) is 0 Å². The summed E-state index contributed by atoms with van der Waals surface area (Å²) in [5, 5.41) is 3.87. The van der Waals surface area contributed by atoms with E-state index in [2.05, 4.69) is 24.0 Å². The molecule has 84 valence electrons. The highest BCUT2D eigenvalue weighted by molar-refractivity contribution is 5.04. The van der Waals surface area contributed by atoms with E-state index in [4.69, 9.17) is 10.3 Å². The van der Waals surface area contributed by atoms with Crippen molar-refractivity contribution in [3.63, 3.8) is 0 Å². The van der Waals surface area contributed by atoms with Gasteiger partial charge >= 0.3 is 0 Å². The third kappa shape index (κ3) is 2.04. The van der Waals surface area contributed by atoms with E-state index in [1.54, 1.807) is 0 Å². The molecule has 1 fully saturated rings. The van der Waals surface area contributed by atoms with Gasteiger partial charge in [-0.05, 0) is 37.5 Å². The molecule has 0 saturated heterocycles. The lowest BCUT2D eigenvalue weighted by Gasteiger charge is -2.36. The lowest BCUT2D eigenvalue weighted by molar-refractivity contribution is 0.185. The minimum Gasteiger partial charge on any atom is -0.343 e. The summed E-state index contributed by atoms with van der Waals surface area (Å²) in [5.74, 6) is 2.22. The first-order valence-electron chi connectivity index (χ1n) is 5.67. The van der Waals surface area contributed by atoms with Crippen molar-refractivity contribution in [1.82, 2.24) is 10.1 Å². The van der Waals surface area contributed by atoms with Crippen LogP contribution in [-0.2, 0) is 5.54 Å². The van der Waals surface area contributed by atoms with Crippen LogP contribution in [0.2, 0.25) is 0 Å². The molecule has 0 aromatic carbocycles. The molecule has 0 amide bonds. The van der Waals surface area contributed by atoms with Gasteiger partial charge in [0.15, 0.2) is 5.82 Å². The van der Waals surface area contributed by atoms with Crippen LogP contribution >= 0.6 is 0 Å². The molecule has 0 unspecified atom stereocenters. The van der Waals surface area contributed by atoms with Gasteiger partial charge in [-0.1, -0.05) is 19.0 Å². The summed E-state index contributed by atoms with van der Waals surface area (Å²) in [4.78, 5) is 4.08. The van der Waals surface area contributed by atoms with Gasteiger partial charge < -0.3 is 10.3 Å². The second kappa shape index (κ2) is 3.93. The fourth-order valence-corrected chi connectivity index (χ4v) is 2.44. The third-order valence-electron chi connectivity index (χ3n) is 3.67. The zero-order valence-corrected chi connectivity index (χ0v) is 9.44. The first-order valence-corrected chi connectivity index (χ1v) is 5.67. The first kappa shape index (κ1) is 10.6. The minimum absolute atomic E-state index is 0.349. The SMILES string of the molecule is CC(C)C1CCC(N)(c2ncon2)CC1. The predicted octanol–water partition coefficient (Wildman–Crippen LogP) is 2.07. The molecule has 1 saturated carbocycles. The van der Waals surface area contributed by atoms with Crippen LogP contribution in [0.15, 0.2) is 10.9 Å². The van der Waals surface area contributed by atoms with Crippen LogP contribution in [0.3, 0.4) is 0 Å². The molecule has 4 nitrogen and oxygen atoms in total. The minimum atomic E-state index is -0.349. The van der Waals surface area contributed by atoms with Crippen molar-refractivity contribution < 1.29 is 4.52 Å². The van der Waals surface area contributed by atoms with E-state index in [-0.39, 0.29) is 5.54 Å². The van der Waals surface area contributed by atoms with Gasteiger partial charge in [-0.25, -0.2) is 0 Å². The maximum atomic E-state index is 6.30. The van der Waals surface area contributed by atoms with E-state index in [9.17, 15) is 0 Å². The molecule has 1 aromatic rings. The zero-order chi connectivity index (χ0) is 10.9. The van der Waals surface area contributed by atoms with Crippen LogP contribution in [0.25, 0.3) is 0 Å². The van der Waals surface area contributed by atoms with E-state index in [1.807, 2.05) is 0 Å². The van der Waals surface area contributed by atoms with Crippen LogP contribution < -0.4 is 5.73 Å². The standard InChI is InChI=1S/C11H19N3O/c1-8(2)9-3-5-11(12,6-4-9)10-13-7-15-14-10/h7-9H,3-6,12H2,1-2H3. The lowest BCUT2D eigenvalue weighted by Crippen LogP contribution is -2.42. The Kier molecular flexibility index (Phi) is 2.78. The van der Waals surface area contributed by atoms with Crippen molar-refractivity contribution in [2.24, 2.45) is 17.6 Å². The van der Waals surface area contributed by atoms with Crippen LogP contribution in [0.1, 0.15) is 45.4 Å². The number of hydrogen-bond donors (Lipinski definition) is 1. The Morgan fingerprint density at radius 3 is 2.60 bits per heavy atom. The highest BCUT2D eigenvalue weighted by Crippen LogP contribution is 2.38. The molecule has 0 spiro atoms. The largest absolute Gasteiger partial charge is 0.343 e. The van der Waals surface area contributed by atoms with Gasteiger partial charge in [-0.2, -0.15) is 4.98 Å². The molecule has 0 aliphatic heterocycles. The number of nitrogens with zero attached hydrogens (tertiary/aromatic N) is 2. The molecular weight excluding hydrogens is 190 g/mol. The maximum Gasteiger partial charge on any atom is 0.213 e. The molecule has 0 atom stereocenters. The van der Waals surface area contributed by atoms with Crippen molar-refractivity contribution in [2.45, 2.75) is 45.1 Å². The topological polar surface area (TPSA) is 64.9 Å². The van der Waals surface area contributed by atoms with E-state index in [0.29, 0.717) is 5.82 Å². The van der Waals surface area contributed by atoms with Crippen LogP contribution in [0.4, 0.5) is 0 Å². The molecule has 1 aliphatic rings. The van der Waals surface area contributed by atoms with Gasteiger partial charge in [-0.3, -0.25) is 0 Å². The molecule has 0 bridgehead atoms. The van der Waals surface area contributed by atoms with Crippen LogP contribution in [0, 0.1) is 11.8 Å². The average molecular weight is 209 g/mol. The van der Waals surface area contributed by atoms with Gasteiger partial charge in [0.05, 0.1) is 5.54 Å². The van der Waals surface area contributed by atoms with Crippen LogP contribution in [0.5, 0.6) is 0 Å². The van der Waals surface area contributed by atoms with Crippen molar-refractivity contribution >= 4 is 0 Å². The number of aromatic nitrogens is 2. The Morgan fingerprint density at radius 2 is 2.13 bits per heavy atom. The van der Waals surface area contributed by atoms with Crippen molar-refractivity contribution in [1.29, 1.82) is 0 Å². The quantitative estimate of drug-likeness (QED) is 0.809. The summed E-state index contributed by atoms with van der Waals surface area (Å²) in [6.45, 7) is 4.56. The Labute approximate surface area is 90.2 Å². The summed E-state index contributed by atoms with van der Waals surface area (Å²) in [5.41, 5.74) is 5.95. The molecule has 1 aliphatic carbocycles. The summed E-state index contributed by atoms with van der Waals surface area (Å²) in [7, 11) is 0. The van der Waals surface area contributed by atoms with Gasteiger partial charge in [0, 0.05) is 0 Å². The zero-order valence-electron chi connectivity index (χ0n) is 9.44. The van der Waals surface area contributed by atoms with Crippen molar-refractivity contribution in [2.75, 3.05) is 0 Å². The number of rotatable bonds is 2. The highest BCUT2D eigenvalue weighted by atomic mass is 16.5. The molecule has 1 aromatic heterocycles.